The van der Waals surface area contributed by atoms with Crippen LogP contribution in [-0.2, 0) is 16.1 Å². The molecule has 0 aliphatic carbocycles. The molecular weight excluding hydrogens is 562 g/mol. The highest BCUT2D eigenvalue weighted by Crippen LogP contribution is 2.36. The van der Waals surface area contributed by atoms with E-state index in [4.69, 9.17) is 18.6 Å². The highest BCUT2D eigenvalue weighted by atomic mass is 32.1. The summed E-state index contributed by atoms with van der Waals surface area (Å²) < 4.78 is 23.9. The third-order valence-corrected chi connectivity index (χ3v) is 7.45. The monoisotopic (exact) mass is 589 g/mol. The van der Waals surface area contributed by atoms with E-state index >= 15 is 0 Å². The van der Waals surface area contributed by atoms with Gasteiger partial charge in [0.15, 0.2) is 16.3 Å². The fourth-order valence-electron chi connectivity index (χ4n) is 4.57. The van der Waals surface area contributed by atoms with Gasteiger partial charge < -0.3 is 18.6 Å². The molecule has 0 bridgehead atoms. The number of thiazole rings is 1. The molecule has 0 radical (unpaired) electrons. The molecule has 2 aromatic heterocycles. The van der Waals surface area contributed by atoms with Gasteiger partial charge in [0.05, 0.1) is 46.1 Å². The molecule has 1 aliphatic heterocycles. The molecule has 0 unspecified atom stereocenters. The molecule has 4 aromatic rings. The van der Waals surface area contributed by atoms with Crippen LogP contribution in [0.3, 0.4) is 0 Å². The van der Waals surface area contributed by atoms with Crippen molar-refractivity contribution in [3.05, 3.63) is 113 Å². The standard InChI is InChI=1S/C30H27N3O8S/c1-4-38-23-14-20(21(33(36)37)16-24(23)41-17-19-10-7-6-8-11-19)15-25-28(34)32-18(3)26(29(35)39-5-2)27(31-30(32)42-25)22-12-9-13-40-22/h6-16,27H,4-5,17H2,1-3H3/b25-15-/t27-/m0/s1. The number of aromatic nitrogens is 1. The second kappa shape index (κ2) is 12.3. The molecular formula is C30H27N3O8S. The van der Waals surface area contributed by atoms with E-state index in [0.717, 1.165) is 16.9 Å². The van der Waals surface area contributed by atoms with Crippen molar-refractivity contribution < 1.29 is 28.3 Å². The molecule has 2 aromatic carbocycles. The van der Waals surface area contributed by atoms with Crippen LogP contribution in [0.15, 0.2) is 80.6 Å². The van der Waals surface area contributed by atoms with Crippen LogP contribution in [0.1, 0.15) is 43.7 Å². The first kappa shape index (κ1) is 28.6. The van der Waals surface area contributed by atoms with E-state index in [0.29, 0.717) is 28.6 Å². The number of esters is 1. The van der Waals surface area contributed by atoms with Gasteiger partial charge in [-0.1, -0.05) is 41.7 Å². The molecule has 0 saturated heterocycles. The van der Waals surface area contributed by atoms with Crippen molar-refractivity contribution in [2.75, 3.05) is 13.2 Å². The topological polar surface area (TPSA) is 135 Å². The van der Waals surface area contributed by atoms with Crippen molar-refractivity contribution in [3.8, 4) is 11.5 Å². The van der Waals surface area contributed by atoms with E-state index < -0.39 is 22.5 Å². The second-order valence-corrected chi connectivity index (χ2v) is 10.1. The lowest BCUT2D eigenvalue weighted by Gasteiger charge is -2.20. The SMILES string of the molecule is CCOC(=O)C1=C(C)n2c(s/c(=C\c3cc(OCC)c(OCc4ccccc4)cc3[N+](=O)[O-])c2=O)=N[C@H]1c1ccco1. The lowest BCUT2D eigenvalue weighted by Crippen LogP contribution is -2.35. The Bertz CT molecular complexity index is 1840. The van der Waals surface area contributed by atoms with Crippen LogP contribution in [0.2, 0.25) is 0 Å². The zero-order chi connectivity index (χ0) is 29.8. The summed E-state index contributed by atoms with van der Waals surface area (Å²) >= 11 is 1.05. The number of hydrogen-bond acceptors (Lipinski definition) is 10. The summed E-state index contributed by atoms with van der Waals surface area (Å²) in [5.41, 5.74) is 0.819. The van der Waals surface area contributed by atoms with Crippen LogP contribution in [0.5, 0.6) is 11.5 Å². The Labute approximate surface area is 243 Å². The molecule has 42 heavy (non-hydrogen) atoms. The second-order valence-electron chi connectivity index (χ2n) is 9.12. The molecule has 0 spiro atoms. The third kappa shape index (κ3) is 5.61. The number of carbonyl (C=O) groups excluding carboxylic acids is 1. The lowest BCUT2D eigenvalue weighted by molar-refractivity contribution is -0.385. The van der Waals surface area contributed by atoms with E-state index in [1.807, 2.05) is 30.3 Å². The van der Waals surface area contributed by atoms with Crippen molar-refractivity contribution in [2.45, 2.75) is 33.4 Å². The molecule has 0 saturated carbocycles. The third-order valence-electron chi connectivity index (χ3n) is 6.47. The number of nitrogens with zero attached hydrogens (tertiary/aromatic N) is 3. The Hall–Kier alpha value is -4.97. The molecule has 3 heterocycles. The number of carbonyl (C=O) groups is 1. The summed E-state index contributed by atoms with van der Waals surface area (Å²) in [4.78, 5) is 43.1. The maximum atomic E-state index is 13.6. The summed E-state index contributed by atoms with van der Waals surface area (Å²) in [6.45, 7) is 5.73. The van der Waals surface area contributed by atoms with Gasteiger partial charge in [-0.15, -0.1) is 0 Å². The van der Waals surface area contributed by atoms with Gasteiger partial charge >= 0.3 is 5.97 Å². The Morgan fingerprint density at radius 3 is 2.55 bits per heavy atom. The van der Waals surface area contributed by atoms with Gasteiger partial charge in [0.2, 0.25) is 0 Å². The van der Waals surface area contributed by atoms with E-state index in [9.17, 15) is 19.7 Å². The maximum Gasteiger partial charge on any atom is 0.338 e. The highest BCUT2D eigenvalue weighted by molar-refractivity contribution is 7.07. The van der Waals surface area contributed by atoms with Crippen molar-refractivity contribution in [1.29, 1.82) is 0 Å². The summed E-state index contributed by atoms with van der Waals surface area (Å²) in [5, 5.41) is 12.1. The van der Waals surface area contributed by atoms with Crippen molar-refractivity contribution in [1.82, 2.24) is 4.57 Å². The first-order valence-electron chi connectivity index (χ1n) is 13.2. The van der Waals surface area contributed by atoms with Crippen LogP contribution >= 0.6 is 11.3 Å². The minimum Gasteiger partial charge on any atom is -0.490 e. The zero-order valence-corrected chi connectivity index (χ0v) is 23.9. The fourth-order valence-corrected chi connectivity index (χ4v) is 5.60. The first-order chi connectivity index (χ1) is 20.3. The van der Waals surface area contributed by atoms with Crippen molar-refractivity contribution in [3.63, 3.8) is 0 Å². The highest BCUT2D eigenvalue weighted by Gasteiger charge is 2.33. The molecule has 0 fully saturated rings. The smallest absolute Gasteiger partial charge is 0.338 e. The summed E-state index contributed by atoms with van der Waals surface area (Å²) in [6, 6.07) is 14.7. The van der Waals surface area contributed by atoms with Crippen LogP contribution in [-0.4, -0.2) is 28.7 Å². The molecule has 1 atom stereocenters. The van der Waals surface area contributed by atoms with E-state index in [2.05, 4.69) is 4.99 Å². The Kier molecular flexibility index (Phi) is 8.34. The van der Waals surface area contributed by atoms with E-state index in [1.165, 1.54) is 29.0 Å². The summed E-state index contributed by atoms with van der Waals surface area (Å²) in [5.74, 6) is 0.312. The number of benzene rings is 2. The predicted octanol–water partition coefficient (Wildman–Crippen LogP) is 4.39. The molecule has 216 valence electrons. The maximum absolute atomic E-state index is 13.6. The van der Waals surface area contributed by atoms with E-state index in [-0.39, 0.29) is 40.3 Å². The van der Waals surface area contributed by atoms with Gasteiger partial charge in [-0.05, 0) is 50.6 Å². The van der Waals surface area contributed by atoms with E-state index in [1.54, 1.807) is 32.9 Å². The summed E-state index contributed by atoms with van der Waals surface area (Å²) in [6.07, 6.45) is 2.90. The van der Waals surface area contributed by atoms with Gasteiger partial charge in [0.25, 0.3) is 11.2 Å². The summed E-state index contributed by atoms with van der Waals surface area (Å²) in [7, 11) is 0. The number of allylic oxidation sites excluding steroid dienone is 1. The first-order valence-corrected chi connectivity index (χ1v) is 14.0. The van der Waals surface area contributed by atoms with Gasteiger partial charge in [0, 0.05) is 5.70 Å². The molecule has 1 aliphatic rings. The average molecular weight is 590 g/mol. The Morgan fingerprint density at radius 1 is 1.12 bits per heavy atom. The lowest BCUT2D eigenvalue weighted by atomic mass is 10.0. The minimum atomic E-state index is -0.815. The average Bonchev–Trinajstić information content (AvgIpc) is 3.61. The molecule has 5 rings (SSSR count). The van der Waals surface area contributed by atoms with Crippen LogP contribution < -0.4 is 24.4 Å². The number of ether oxygens (including phenoxy) is 3. The van der Waals surface area contributed by atoms with Crippen LogP contribution in [0.4, 0.5) is 5.69 Å². The Morgan fingerprint density at radius 2 is 1.88 bits per heavy atom. The number of nitro benzene ring substituents is 1. The number of fused-ring (bicyclic) bond motifs is 1. The van der Waals surface area contributed by atoms with Gasteiger partial charge in [-0.2, -0.15) is 0 Å². The number of hydrogen-bond donors (Lipinski definition) is 0. The van der Waals surface area contributed by atoms with Crippen LogP contribution in [0.25, 0.3) is 11.8 Å². The molecule has 12 heteroatoms. The minimum absolute atomic E-state index is 0.141. The quantitative estimate of drug-likeness (QED) is 0.151. The number of rotatable bonds is 10. The number of nitro groups is 1. The van der Waals surface area contributed by atoms with Crippen LogP contribution in [0, 0.1) is 10.1 Å². The normalized spacial score (nSPS) is 14.7. The predicted molar refractivity (Wildman–Crippen MR) is 155 cm³/mol. The van der Waals surface area contributed by atoms with Gasteiger partial charge in [-0.3, -0.25) is 19.5 Å². The van der Waals surface area contributed by atoms with Gasteiger partial charge in [0.1, 0.15) is 18.4 Å². The molecule has 11 nitrogen and oxygen atoms in total. The molecule has 0 amide bonds. The zero-order valence-electron chi connectivity index (χ0n) is 23.1. The van der Waals surface area contributed by atoms with Crippen molar-refractivity contribution in [2.24, 2.45) is 4.99 Å². The van der Waals surface area contributed by atoms with Crippen molar-refractivity contribution >= 4 is 34.8 Å². The largest absolute Gasteiger partial charge is 0.490 e. The Balaban J connectivity index is 1.64. The number of furan rings is 1. The van der Waals surface area contributed by atoms with Gasteiger partial charge in [-0.25, -0.2) is 9.79 Å². The molecule has 0 N–H and O–H groups in total. The fraction of sp³-hybridized carbons (Fsp3) is 0.233.